The van der Waals surface area contributed by atoms with Crippen LogP contribution in [0.3, 0.4) is 0 Å². The first-order chi connectivity index (χ1) is 29.4. The number of imidazole rings is 2. The van der Waals surface area contributed by atoms with E-state index < -0.39 is 57.7 Å². The molecular formula is C45H54F2N8O6Si. The molecule has 2 aliphatic heterocycles. The lowest BCUT2D eigenvalue weighted by Crippen LogP contribution is -2.51. The van der Waals surface area contributed by atoms with Crippen molar-refractivity contribution < 1.29 is 37.4 Å². The number of alkyl halides is 2. The van der Waals surface area contributed by atoms with Crippen molar-refractivity contribution in [1.29, 1.82) is 0 Å². The van der Waals surface area contributed by atoms with E-state index in [0.717, 1.165) is 61.3 Å². The largest absolute Gasteiger partial charge is 0.456 e. The quantitative estimate of drug-likeness (QED) is 0.0777. The highest BCUT2D eigenvalue weighted by Crippen LogP contribution is 2.42. The minimum atomic E-state index is -3.14. The van der Waals surface area contributed by atoms with E-state index in [0.29, 0.717) is 23.6 Å². The van der Waals surface area contributed by atoms with E-state index in [4.69, 9.17) is 9.40 Å². The molecule has 3 aromatic carbocycles. The third-order valence-corrected chi connectivity index (χ3v) is 15.1. The van der Waals surface area contributed by atoms with Gasteiger partial charge in [0.25, 0.3) is 5.92 Å². The SMILES string of the molecule is COC(=O)N[C@H](C(=O)N1CC(F)(F)C[C@H]1c1ncc(-c2ccc3oc(-c4ccc5c(ccc6nc([C@@H]7C[Si](C)(C)CN7C[C@@H](NC(=O)CO)C(C)C)[nH]c65)c4)cc3c2)[nH]1)C(C)C. The number of fused-ring (bicyclic) bond motifs is 4. The molecular weight excluding hydrogens is 815 g/mol. The molecule has 0 unspecified atom stereocenters. The molecule has 0 saturated carbocycles. The Morgan fingerprint density at radius 1 is 0.968 bits per heavy atom. The number of aliphatic hydroxyl groups is 1. The van der Waals surface area contributed by atoms with Gasteiger partial charge >= 0.3 is 6.09 Å². The van der Waals surface area contributed by atoms with E-state index in [1.165, 1.54) is 7.11 Å². The maximum absolute atomic E-state index is 14.9. The number of halogens is 2. The van der Waals surface area contributed by atoms with Crippen LogP contribution in [0.1, 0.15) is 57.8 Å². The maximum atomic E-state index is 14.9. The molecule has 0 radical (unpaired) electrons. The number of hydrogen-bond acceptors (Lipinski definition) is 9. The van der Waals surface area contributed by atoms with Crippen molar-refractivity contribution >= 4 is 58.8 Å². The minimum absolute atomic E-state index is 0.0881. The highest BCUT2D eigenvalue weighted by atomic mass is 28.3. The van der Waals surface area contributed by atoms with Gasteiger partial charge < -0.3 is 39.8 Å². The Morgan fingerprint density at radius 3 is 2.45 bits per heavy atom. The second-order valence-corrected chi connectivity index (χ2v) is 23.4. The molecule has 8 rings (SSSR count). The van der Waals surface area contributed by atoms with Crippen molar-refractivity contribution in [3.63, 3.8) is 0 Å². The summed E-state index contributed by atoms with van der Waals surface area (Å²) in [5.41, 5.74) is 4.76. The van der Waals surface area contributed by atoms with Gasteiger partial charge in [0.05, 0.1) is 56.7 Å². The van der Waals surface area contributed by atoms with Gasteiger partial charge in [-0.1, -0.05) is 59.0 Å². The normalized spacial score (nSPS) is 19.8. The Labute approximate surface area is 358 Å². The van der Waals surface area contributed by atoms with Gasteiger partial charge in [-0.05, 0) is 65.8 Å². The second-order valence-electron chi connectivity index (χ2n) is 18.4. The molecule has 3 amide bonds. The number of rotatable bonds is 12. The van der Waals surface area contributed by atoms with Crippen LogP contribution in [0.4, 0.5) is 13.6 Å². The molecule has 5 heterocycles. The number of nitrogens with one attached hydrogen (secondary N) is 4. The summed E-state index contributed by atoms with van der Waals surface area (Å²) in [6.07, 6.45) is 1.13. The predicted octanol–water partition coefficient (Wildman–Crippen LogP) is 7.55. The van der Waals surface area contributed by atoms with Gasteiger partial charge in [0.15, 0.2) is 0 Å². The van der Waals surface area contributed by atoms with Gasteiger partial charge in [0.1, 0.15) is 35.6 Å². The average Bonchev–Trinajstić information content (AvgIpc) is 4.07. The summed E-state index contributed by atoms with van der Waals surface area (Å²) < 4.78 is 40.8. The zero-order valence-electron chi connectivity index (χ0n) is 36.0. The number of furan rings is 1. The first-order valence-electron chi connectivity index (χ1n) is 21.1. The zero-order valence-corrected chi connectivity index (χ0v) is 37.0. The number of nitrogens with zero attached hydrogens (tertiary/aromatic N) is 4. The lowest BCUT2D eigenvalue weighted by molar-refractivity contribution is -0.136. The first kappa shape index (κ1) is 43.0. The number of aromatic amines is 2. The van der Waals surface area contributed by atoms with Gasteiger partial charge in [0, 0.05) is 40.9 Å². The molecule has 328 valence electrons. The standard InChI is InChI=1S/C45H54F2N8O6Si/c1-24(2)33(49-38(57)20-56)19-54-23-62(6,7)21-35(54)42-50-31-12-9-26-14-28(8-11-30(26)40(31)52-42)37-16-29-15-27(10-13-36(29)61-37)32-18-48-41(51-32)34-17-45(46,47)22-55(34)43(58)39(25(3)4)53-44(59)60-5/h8-16,18,24-25,33-35,39,56H,17,19-23H2,1-7H3,(H,48,51)(H,49,57)(H,50,52)(H,53,59)/t33-,34+,35+,39+/m1/s1. The van der Waals surface area contributed by atoms with Crippen LogP contribution in [0.5, 0.6) is 0 Å². The van der Waals surface area contributed by atoms with Crippen LogP contribution in [0.25, 0.3) is 55.4 Å². The summed E-state index contributed by atoms with van der Waals surface area (Å²) in [5, 5.41) is 17.8. The summed E-state index contributed by atoms with van der Waals surface area (Å²) in [4.78, 5) is 57.7. The third-order valence-electron chi connectivity index (χ3n) is 12.3. The van der Waals surface area contributed by atoms with Crippen LogP contribution in [-0.2, 0) is 14.3 Å². The van der Waals surface area contributed by atoms with E-state index in [1.807, 2.05) is 36.4 Å². The van der Waals surface area contributed by atoms with E-state index in [2.05, 4.69) is 80.4 Å². The van der Waals surface area contributed by atoms with Crippen LogP contribution in [-0.4, -0.2) is 112 Å². The molecule has 2 saturated heterocycles. The highest BCUT2D eigenvalue weighted by Gasteiger charge is 2.50. The smallest absolute Gasteiger partial charge is 0.407 e. The fourth-order valence-corrected chi connectivity index (χ4v) is 12.2. The fraction of sp³-hybridized carbons (Fsp3) is 0.444. The number of methoxy groups -OCH3 is 1. The molecule has 5 N–H and O–H groups in total. The van der Waals surface area contributed by atoms with Crippen molar-refractivity contribution in [2.45, 2.75) is 83.3 Å². The van der Waals surface area contributed by atoms with Gasteiger partial charge in [0.2, 0.25) is 11.8 Å². The number of hydrogen-bond donors (Lipinski definition) is 5. The highest BCUT2D eigenvalue weighted by molar-refractivity contribution is 6.78. The molecule has 2 fully saturated rings. The van der Waals surface area contributed by atoms with E-state index in [9.17, 15) is 28.3 Å². The number of aliphatic hydroxyl groups excluding tert-OH is 1. The molecule has 3 aromatic heterocycles. The number of aromatic nitrogens is 4. The molecule has 17 heteroatoms. The molecule has 2 aliphatic rings. The number of carbonyl (C=O) groups is 3. The molecule has 0 spiro atoms. The Hall–Kier alpha value is -5.65. The van der Waals surface area contributed by atoms with Crippen molar-refractivity contribution in [2.75, 3.05) is 33.0 Å². The monoisotopic (exact) mass is 868 g/mol. The number of amides is 3. The Morgan fingerprint density at radius 2 is 1.73 bits per heavy atom. The fourth-order valence-electron chi connectivity index (χ4n) is 9.08. The van der Waals surface area contributed by atoms with Crippen LogP contribution in [0.2, 0.25) is 19.1 Å². The molecule has 4 atom stereocenters. The lowest BCUT2D eigenvalue weighted by Gasteiger charge is -2.31. The summed E-state index contributed by atoms with van der Waals surface area (Å²) in [6.45, 7) is 11.7. The average molecular weight is 869 g/mol. The lowest BCUT2D eigenvalue weighted by atomic mass is 10.0. The topological polar surface area (TPSA) is 182 Å². The van der Waals surface area contributed by atoms with Crippen LogP contribution in [0.15, 0.2) is 65.2 Å². The number of carbonyl (C=O) groups excluding carboxylic acids is 3. The molecule has 0 aliphatic carbocycles. The van der Waals surface area contributed by atoms with Gasteiger partial charge in [-0.2, -0.15) is 0 Å². The number of ether oxygens (including phenoxy) is 1. The van der Waals surface area contributed by atoms with Crippen LogP contribution < -0.4 is 10.6 Å². The van der Waals surface area contributed by atoms with Crippen molar-refractivity contribution in [3.8, 4) is 22.6 Å². The Bertz CT molecular complexity index is 2660. The summed E-state index contributed by atoms with van der Waals surface area (Å²) in [5.74, 6) is -2.49. The van der Waals surface area contributed by atoms with E-state index >= 15 is 0 Å². The number of alkyl carbamates (subject to hydrolysis) is 1. The van der Waals surface area contributed by atoms with Gasteiger partial charge in [-0.15, -0.1) is 0 Å². The van der Waals surface area contributed by atoms with Crippen LogP contribution in [0, 0.1) is 11.8 Å². The van der Waals surface area contributed by atoms with Crippen molar-refractivity contribution in [3.05, 3.63) is 72.4 Å². The summed E-state index contributed by atoms with van der Waals surface area (Å²) in [7, 11) is -0.398. The number of H-pyrrole nitrogens is 2. The summed E-state index contributed by atoms with van der Waals surface area (Å²) >= 11 is 0. The van der Waals surface area contributed by atoms with Crippen LogP contribution >= 0.6 is 0 Å². The molecule has 0 bridgehead atoms. The molecule has 14 nitrogen and oxygen atoms in total. The molecule has 62 heavy (non-hydrogen) atoms. The van der Waals surface area contributed by atoms with E-state index in [-0.39, 0.29) is 35.7 Å². The number of likely N-dealkylation sites (tertiary alicyclic amines) is 1. The first-order valence-corrected chi connectivity index (χ1v) is 24.5. The van der Waals surface area contributed by atoms with Gasteiger partial charge in [-0.3, -0.25) is 14.5 Å². The second kappa shape index (κ2) is 16.6. The minimum Gasteiger partial charge on any atom is -0.456 e. The Balaban J connectivity index is 1.03. The van der Waals surface area contributed by atoms with E-state index in [1.54, 1.807) is 20.0 Å². The zero-order chi connectivity index (χ0) is 44.2. The summed E-state index contributed by atoms with van der Waals surface area (Å²) in [6, 6.07) is 16.9. The maximum Gasteiger partial charge on any atom is 0.407 e. The third kappa shape index (κ3) is 8.57. The Kier molecular flexibility index (Phi) is 11.5. The predicted molar refractivity (Wildman–Crippen MR) is 235 cm³/mol. The molecule has 6 aromatic rings. The van der Waals surface area contributed by atoms with Crippen molar-refractivity contribution in [2.24, 2.45) is 11.8 Å². The van der Waals surface area contributed by atoms with Gasteiger partial charge in [-0.25, -0.2) is 23.5 Å². The van der Waals surface area contributed by atoms with Crippen molar-refractivity contribution in [1.82, 2.24) is 40.4 Å². The number of benzene rings is 3.